The van der Waals surface area contributed by atoms with Gasteiger partial charge < -0.3 is 15.8 Å². The molecule has 2 aromatic rings. The number of nitrogens with two attached hydrogens (primary N) is 1. The van der Waals surface area contributed by atoms with E-state index in [1.807, 2.05) is 36.4 Å². The van der Waals surface area contributed by atoms with Crippen molar-refractivity contribution in [1.82, 2.24) is 0 Å². The third kappa shape index (κ3) is 3.83. The van der Waals surface area contributed by atoms with Gasteiger partial charge in [-0.2, -0.15) is 0 Å². The van der Waals surface area contributed by atoms with E-state index in [9.17, 15) is 4.79 Å². The summed E-state index contributed by atoms with van der Waals surface area (Å²) >= 11 is 0. The van der Waals surface area contributed by atoms with Crippen molar-refractivity contribution in [3.63, 3.8) is 0 Å². The molecule has 0 aliphatic heterocycles. The van der Waals surface area contributed by atoms with Gasteiger partial charge >= 0.3 is 0 Å². The second-order valence-corrected chi connectivity index (χ2v) is 4.84. The van der Waals surface area contributed by atoms with Crippen molar-refractivity contribution < 1.29 is 9.53 Å². The smallest absolute Gasteiger partial charge is 0.221 e. The van der Waals surface area contributed by atoms with Gasteiger partial charge in [-0.1, -0.05) is 18.2 Å². The summed E-state index contributed by atoms with van der Waals surface area (Å²) in [7, 11) is 1.65. The summed E-state index contributed by atoms with van der Waals surface area (Å²) in [6, 6.07) is 13.8. The van der Waals surface area contributed by atoms with Crippen LogP contribution < -0.4 is 15.8 Å². The summed E-state index contributed by atoms with van der Waals surface area (Å²) in [4.78, 5) is 11.2. The fourth-order valence-corrected chi connectivity index (χ4v) is 2.27. The van der Waals surface area contributed by atoms with Gasteiger partial charge in [-0.15, -0.1) is 0 Å². The number of benzene rings is 2. The van der Waals surface area contributed by atoms with Crippen LogP contribution in [-0.4, -0.2) is 19.6 Å². The van der Waals surface area contributed by atoms with E-state index in [2.05, 4.69) is 11.4 Å². The lowest BCUT2D eigenvalue weighted by Gasteiger charge is -2.12. The Balaban J connectivity index is 2.43. The molecule has 0 saturated heterocycles. The summed E-state index contributed by atoms with van der Waals surface area (Å²) in [5, 5.41) is 2.79. The van der Waals surface area contributed by atoms with Crippen molar-refractivity contribution in [2.24, 2.45) is 5.73 Å². The number of anilines is 1. The highest BCUT2D eigenvalue weighted by molar-refractivity contribution is 5.89. The number of rotatable bonds is 5. The van der Waals surface area contributed by atoms with Crippen LogP contribution >= 0.6 is 0 Å². The first-order valence-corrected chi connectivity index (χ1v) is 6.89. The lowest BCUT2D eigenvalue weighted by Crippen LogP contribution is -2.05. The number of methoxy groups -OCH3 is 1. The lowest BCUT2D eigenvalue weighted by atomic mass is 10.00. The molecule has 3 N–H and O–H groups in total. The van der Waals surface area contributed by atoms with Gasteiger partial charge in [0.1, 0.15) is 5.75 Å². The number of ether oxygens (including phenoxy) is 1. The van der Waals surface area contributed by atoms with Gasteiger partial charge in [0.05, 0.1) is 7.11 Å². The van der Waals surface area contributed by atoms with E-state index in [-0.39, 0.29) is 5.91 Å². The maximum Gasteiger partial charge on any atom is 0.221 e. The Morgan fingerprint density at radius 3 is 2.71 bits per heavy atom. The zero-order valence-corrected chi connectivity index (χ0v) is 12.3. The molecule has 1 amide bonds. The summed E-state index contributed by atoms with van der Waals surface area (Å²) in [5.41, 5.74) is 9.55. The monoisotopic (exact) mass is 284 g/mol. The van der Waals surface area contributed by atoms with Crippen LogP contribution in [-0.2, 0) is 11.2 Å². The highest BCUT2D eigenvalue weighted by Crippen LogP contribution is 2.32. The Hall–Kier alpha value is -2.33. The van der Waals surface area contributed by atoms with Crippen molar-refractivity contribution in [2.75, 3.05) is 19.0 Å². The van der Waals surface area contributed by atoms with E-state index in [4.69, 9.17) is 10.5 Å². The Bertz CT molecular complexity index is 638. The number of hydrogen-bond donors (Lipinski definition) is 2. The van der Waals surface area contributed by atoms with Gasteiger partial charge in [-0.3, -0.25) is 4.79 Å². The van der Waals surface area contributed by atoms with Crippen LogP contribution in [0.15, 0.2) is 42.5 Å². The average Bonchev–Trinajstić information content (AvgIpc) is 2.47. The predicted molar refractivity (Wildman–Crippen MR) is 85.5 cm³/mol. The standard InChI is InChI=1S/C17H20N2O2/c1-12(20)19-15-5-3-4-14(11-15)16-10-13(8-9-18)6-7-17(16)21-2/h3-7,10-11H,8-9,18H2,1-2H3,(H,19,20). The minimum absolute atomic E-state index is 0.0870. The average molecular weight is 284 g/mol. The van der Waals surface area contributed by atoms with Crippen LogP contribution in [0.2, 0.25) is 0 Å². The zero-order chi connectivity index (χ0) is 15.2. The normalized spacial score (nSPS) is 10.2. The third-order valence-electron chi connectivity index (χ3n) is 3.19. The summed E-state index contributed by atoms with van der Waals surface area (Å²) in [6.45, 7) is 2.10. The van der Waals surface area contributed by atoms with Gasteiger partial charge in [0.2, 0.25) is 5.91 Å². The topological polar surface area (TPSA) is 64.3 Å². The van der Waals surface area contributed by atoms with Gasteiger partial charge in [-0.25, -0.2) is 0 Å². The highest BCUT2D eigenvalue weighted by atomic mass is 16.5. The molecule has 0 aliphatic carbocycles. The van der Waals surface area contributed by atoms with Crippen molar-refractivity contribution >= 4 is 11.6 Å². The molecule has 0 bridgehead atoms. The molecule has 4 heteroatoms. The highest BCUT2D eigenvalue weighted by Gasteiger charge is 2.08. The SMILES string of the molecule is COc1ccc(CCN)cc1-c1cccc(NC(C)=O)c1. The van der Waals surface area contributed by atoms with Crippen molar-refractivity contribution in [3.8, 4) is 16.9 Å². The molecule has 2 rings (SSSR count). The van der Waals surface area contributed by atoms with Gasteiger partial charge in [-0.05, 0) is 48.4 Å². The van der Waals surface area contributed by atoms with Crippen LogP contribution in [0.4, 0.5) is 5.69 Å². The second kappa shape index (κ2) is 6.90. The number of carbonyl (C=O) groups excluding carboxylic acids is 1. The number of carbonyl (C=O) groups is 1. The van der Waals surface area contributed by atoms with E-state index in [0.717, 1.165) is 29.0 Å². The van der Waals surface area contributed by atoms with Crippen LogP contribution in [0.5, 0.6) is 5.75 Å². The fraction of sp³-hybridized carbons (Fsp3) is 0.235. The molecule has 0 atom stereocenters. The first-order valence-electron chi connectivity index (χ1n) is 6.89. The van der Waals surface area contributed by atoms with Crippen molar-refractivity contribution in [3.05, 3.63) is 48.0 Å². The van der Waals surface area contributed by atoms with E-state index in [1.54, 1.807) is 7.11 Å². The number of nitrogens with one attached hydrogen (secondary N) is 1. The maximum absolute atomic E-state index is 11.2. The first kappa shape index (κ1) is 15.1. The second-order valence-electron chi connectivity index (χ2n) is 4.84. The molecule has 0 unspecified atom stereocenters. The van der Waals surface area contributed by atoms with E-state index < -0.39 is 0 Å². The van der Waals surface area contributed by atoms with Crippen LogP contribution in [0, 0.1) is 0 Å². The molecular formula is C17H20N2O2. The predicted octanol–water partition coefficient (Wildman–Crippen LogP) is 2.82. The molecule has 0 spiro atoms. The fourth-order valence-electron chi connectivity index (χ4n) is 2.27. The van der Waals surface area contributed by atoms with E-state index >= 15 is 0 Å². The Morgan fingerprint density at radius 1 is 1.24 bits per heavy atom. The lowest BCUT2D eigenvalue weighted by molar-refractivity contribution is -0.114. The molecule has 21 heavy (non-hydrogen) atoms. The Kier molecular flexibility index (Phi) is 4.95. The Labute approximate surface area is 124 Å². The molecule has 2 aromatic carbocycles. The quantitative estimate of drug-likeness (QED) is 0.887. The summed E-state index contributed by atoms with van der Waals surface area (Å²) in [6.07, 6.45) is 0.822. The minimum atomic E-state index is -0.0870. The maximum atomic E-state index is 11.2. The van der Waals surface area contributed by atoms with Gasteiger partial charge in [0, 0.05) is 18.2 Å². The molecule has 4 nitrogen and oxygen atoms in total. The molecule has 0 aliphatic rings. The first-order chi connectivity index (χ1) is 10.1. The molecule has 0 aromatic heterocycles. The molecule has 0 fully saturated rings. The van der Waals surface area contributed by atoms with Crippen LogP contribution in [0.1, 0.15) is 12.5 Å². The molecular weight excluding hydrogens is 264 g/mol. The molecule has 110 valence electrons. The van der Waals surface area contributed by atoms with Gasteiger partial charge in [0.15, 0.2) is 0 Å². The number of hydrogen-bond acceptors (Lipinski definition) is 3. The van der Waals surface area contributed by atoms with Crippen molar-refractivity contribution in [2.45, 2.75) is 13.3 Å². The van der Waals surface area contributed by atoms with Crippen LogP contribution in [0.3, 0.4) is 0 Å². The zero-order valence-electron chi connectivity index (χ0n) is 12.3. The number of amides is 1. The molecule has 0 radical (unpaired) electrons. The summed E-state index contributed by atoms with van der Waals surface area (Å²) in [5.74, 6) is 0.715. The minimum Gasteiger partial charge on any atom is -0.496 e. The largest absolute Gasteiger partial charge is 0.496 e. The molecule has 0 saturated carbocycles. The third-order valence-corrected chi connectivity index (χ3v) is 3.19. The van der Waals surface area contributed by atoms with E-state index in [0.29, 0.717) is 6.54 Å². The van der Waals surface area contributed by atoms with Crippen molar-refractivity contribution in [1.29, 1.82) is 0 Å². The molecule has 0 heterocycles. The van der Waals surface area contributed by atoms with Gasteiger partial charge in [0.25, 0.3) is 0 Å². The van der Waals surface area contributed by atoms with Crippen LogP contribution in [0.25, 0.3) is 11.1 Å². The van der Waals surface area contributed by atoms with E-state index in [1.165, 1.54) is 12.5 Å². The summed E-state index contributed by atoms with van der Waals surface area (Å²) < 4.78 is 5.44. The Morgan fingerprint density at radius 2 is 2.05 bits per heavy atom.